The number of nitrogens with zero attached hydrogens (tertiary/aromatic N) is 1. The van der Waals surface area contributed by atoms with Crippen molar-refractivity contribution in [3.63, 3.8) is 0 Å². The van der Waals surface area contributed by atoms with Crippen molar-refractivity contribution >= 4 is 23.7 Å². The number of rotatable bonds is 8. The van der Waals surface area contributed by atoms with Gasteiger partial charge in [-0.05, 0) is 61.4 Å². The minimum atomic E-state index is -0.487. The van der Waals surface area contributed by atoms with Gasteiger partial charge < -0.3 is 10.1 Å². The summed E-state index contributed by atoms with van der Waals surface area (Å²) < 4.78 is 5.77. The number of aryl methyl sites for hydroxylation is 2. The molecule has 3 aromatic carbocycles. The highest BCUT2D eigenvalue weighted by Crippen LogP contribution is 2.14. The van der Waals surface area contributed by atoms with Gasteiger partial charge in [-0.25, -0.2) is 5.43 Å². The Labute approximate surface area is 182 Å². The normalized spacial score (nSPS) is 10.6. The number of anilines is 1. The summed E-state index contributed by atoms with van der Waals surface area (Å²) in [6.07, 6.45) is 1.20. The molecule has 0 radical (unpaired) electrons. The second-order valence-corrected chi connectivity index (χ2v) is 7.23. The molecule has 0 atom stereocenters. The number of ether oxygens (including phenoxy) is 1. The Bertz CT molecular complexity index is 1040. The predicted octanol–water partition coefficient (Wildman–Crippen LogP) is 4.36. The third-order valence-electron chi connectivity index (χ3n) is 4.47. The lowest BCUT2D eigenvalue weighted by Crippen LogP contribution is -2.24. The van der Waals surface area contributed by atoms with Crippen molar-refractivity contribution in [1.29, 1.82) is 0 Å². The first-order valence-corrected chi connectivity index (χ1v) is 9.95. The molecule has 0 fully saturated rings. The number of amides is 2. The monoisotopic (exact) mass is 415 g/mol. The molecule has 0 unspecified atom stereocenters. The van der Waals surface area contributed by atoms with Crippen molar-refractivity contribution in [2.45, 2.75) is 26.9 Å². The van der Waals surface area contributed by atoms with Crippen LogP contribution in [0.4, 0.5) is 5.69 Å². The van der Waals surface area contributed by atoms with Crippen LogP contribution in [0.3, 0.4) is 0 Å². The van der Waals surface area contributed by atoms with Gasteiger partial charge in [0.1, 0.15) is 18.8 Å². The van der Waals surface area contributed by atoms with E-state index in [1.165, 1.54) is 11.8 Å². The third kappa shape index (κ3) is 7.44. The van der Waals surface area contributed by atoms with Gasteiger partial charge in [-0.3, -0.25) is 9.59 Å². The highest BCUT2D eigenvalue weighted by Gasteiger charge is 2.08. The van der Waals surface area contributed by atoms with E-state index in [2.05, 4.69) is 28.0 Å². The van der Waals surface area contributed by atoms with Crippen LogP contribution in [0.5, 0.6) is 5.75 Å². The molecule has 2 amide bonds. The van der Waals surface area contributed by atoms with E-state index < -0.39 is 11.8 Å². The molecule has 31 heavy (non-hydrogen) atoms. The fourth-order valence-electron chi connectivity index (χ4n) is 2.71. The first-order valence-electron chi connectivity index (χ1n) is 9.95. The van der Waals surface area contributed by atoms with E-state index in [1.807, 2.05) is 62.4 Å². The van der Waals surface area contributed by atoms with Crippen LogP contribution in [0, 0.1) is 13.8 Å². The van der Waals surface area contributed by atoms with Gasteiger partial charge in [-0.2, -0.15) is 5.10 Å². The highest BCUT2D eigenvalue weighted by molar-refractivity contribution is 6.03. The maximum absolute atomic E-state index is 11.9. The van der Waals surface area contributed by atoms with Crippen molar-refractivity contribution in [2.24, 2.45) is 5.10 Å². The van der Waals surface area contributed by atoms with Gasteiger partial charge in [-0.1, -0.05) is 47.5 Å². The molecule has 0 aliphatic carbocycles. The van der Waals surface area contributed by atoms with Crippen LogP contribution in [0.2, 0.25) is 0 Å². The maximum Gasteiger partial charge on any atom is 0.249 e. The quantitative estimate of drug-likeness (QED) is 0.326. The van der Waals surface area contributed by atoms with E-state index in [1.54, 1.807) is 12.1 Å². The lowest BCUT2D eigenvalue weighted by Gasteiger charge is -2.07. The fourth-order valence-corrected chi connectivity index (χ4v) is 2.71. The molecule has 0 heterocycles. The first-order chi connectivity index (χ1) is 15.0. The molecule has 0 saturated heterocycles. The second-order valence-electron chi connectivity index (χ2n) is 7.23. The molecule has 3 aromatic rings. The van der Waals surface area contributed by atoms with E-state index in [0.29, 0.717) is 12.3 Å². The van der Waals surface area contributed by atoms with Gasteiger partial charge in [0.25, 0.3) is 0 Å². The van der Waals surface area contributed by atoms with Crippen LogP contribution in [0.25, 0.3) is 0 Å². The number of carbonyl (C=O) groups is 2. The van der Waals surface area contributed by atoms with Crippen LogP contribution < -0.4 is 15.5 Å². The molecular formula is C25H25N3O3. The topological polar surface area (TPSA) is 79.8 Å². The summed E-state index contributed by atoms with van der Waals surface area (Å²) in [5.74, 6) is -0.139. The van der Waals surface area contributed by atoms with Crippen molar-refractivity contribution in [2.75, 3.05) is 5.32 Å². The Kier molecular flexibility index (Phi) is 7.54. The average molecular weight is 415 g/mol. The van der Waals surface area contributed by atoms with Crippen molar-refractivity contribution in [3.8, 4) is 5.75 Å². The zero-order valence-corrected chi connectivity index (χ0v) is 17.6. The fraction of sp³-hybridized carbons (Fsp3) is 0.160. The van der Waals surface area contributed by atoms with Gasteiger partial charge in [0.2, 0.25) is 11.8 Å². The van der Waals surface area contributed by atoms with Gasteiger partial charge in [0.05, 0.1) is 6.21 Å². The SMILES string of the molecule is Cc1ccc(COc2ccc(C=NNC(=O)CC(=O)Nc3ccc(C)cc3)cc2)cc1. The zero-order chi connectivity index (χ0) is 22.1. The minimum absolute atomic E-state index is 0.309. The molecule has 158 valence electrons. The van der Waals surface area contributed by atoms with Crippen LogP contribution in [0.15, 0.2) is 77.9 Å². The lowest BCUT2D eigenvalue weighted by molar-refractivity contribution is -0.126. The standard InChI is InChI=1S/C25H25N3O3/c1-18-3-7-21(8-4-18)17-31-23-13-9-20(10-14-23)16-26-28-25(30)15-24(29)27-22-11-5-19(2)6-12-22/h3-14,16H,15,17H2,1-2H3,(H,27,29)(H,28,30). The third-order valence-corrected chi connectivity index (χ3v) is 4.47. The number of carbonyl (C=O) groups excluding carboxylic acids is 2. The molecule has 0 aliphatic heterocycles. The average Bonchev–Trinajstić information content (AvgIpc) is 2.76. The summed E-state index contributed by atoms with van der Waals surface area (Å²) in [7, 11) is 0. The van der Waals surface area contributed by atoms with E-state index in [9.17, 15) is 9.59 Å². The first kappa shape index (κ1) is 21.8. The number of hydrogen-bond acceptors (Lipinski definition) is 4. The smallest absolute Gasteiger partial charge is 0.249 e. The van der Waals surface area contributed by atoms with E-state index in [-0.39, 0.29) is 6.42 Å². The summed E-state index contributed by atoms with van der Waals surface area (Å²) in [6.45, 7) is 4.50. The number of hydrazone groups is 1. The second kappa shape index (κ2) is 10.7. The van der Waals surface area contributed by atoms with Crippen molar-refractivity contribution in [1.82, 2.24) is 5.43 Å². The molecule has 6 nitrogen and oxygen atoms in total. The Morgan fingerprint density at radius 1 is 0.839 bits per heavy atom. The van der Waals surface area contributed by atoms with Crippen LogP contribution >= 0.6 is 0 Å². The molecule has 3 rings (SSSR count). The van der Waals surface area contributed by atoms with Crippen LogP contribution in [-0.2, 0) is 16.2 Å². The van der Waals surface area contributed by atoms with E-state index >= 15 is 0 Å². The van der Waals surface area contributed by atoms with Gasteiger partial charge in [-0.15, -0.1) is 0 Å². The Hall–Kier alpha value is -3.93. The summed E-state index contributed by atoms with van der Waals surface area (Å²) in [5, 5.41) is 6.57. The van der Waals surface area contributed by atoms with Gasteiger partial charge >= 0.3 is 0 Å². The number of benzene rings is 3. The van der Waals surface area contributed by atoms with Crippen LogP contribution in [0.1, 0.15) is 28.7 Å². The Morgan fingerprint density at radius 2 is 1.45 bits per heavy atom. The molecular weight excluding hydrogens is 390 g/mol. The molecule has 2 N–H and O–H groups in total. The largest absolute Gasteiger partial charge is 0.489 e. The Balaban J connectivity index is 1.41. The molecule has 0 spiro atoms. The van der Waals surface area contributed by atoms with E-state index in [4.69, 9.17) is 4.74 Å². The predicted molar refractivity (Wildman–Crippen MR) is 122 cm³/mol. The highest BCUT2D eigenvalue weighted by atomic mass is 16.5. The summed E-state index contributed by atoms with van der Waals surface area (Å²) in [6, 6.07) is 22.9. The van der Waals surface area contributed by atoms with Crippen molar-refractivity contribution in [3.05, 3.63) is 95.1 Å². The zero-order valence-electron chi connectivity index (χ0n) is 17.6. The van der Waals surface area contributed by atoms with Crippen molar-refractivity contribution < 1.29 is 14.3 Å². The van der Waals surface area contributed by atoms with Crippen LogP contribution in [-0.4, -0.2) is 18.0 Å². The molecule has 0 aromatic heterocycles. The maximum atomic E-state index is 11.9. The minimum Gasteiger partial charge on any atom is -0.489 e. The number of hydrogen-bond donors (Lipinski definition) is 2. The van der Waals surface area contributed by atoms with Gasteiger partial charge in [0, 0.05) is 5.69 Å². The summed E-state index contributed by atoms with van der Waals surface area (Å²) in [4.78, 5) is 23.8. The molecule has 0 saturated carbocycles. The molecule has 6 heteroatoms. The van der Waals surface area contributed by atoms with Gasteiger partial charge in [0.15, 0.2) is 0 Å². The number of nitrogens with one attached hydrogen (secondary N) is 2. The van der Waals surface area contributed by atoms with E-state index in [0.717, 1.165) is 22.4 Å². The molecule has 0 bridgehead atoms. The molecule has 0 aliphatic rings. The lowest BCUT2D eigenvalue weighted by atomic mass is 10.2. The summed E-state index contributed by atoms with van der Waals surface area (Å²) >= 11 is 0. The summed E-state index contributed by atoms with van der Waals surface area (Å²) in [5.41, 5.74) is 7.22. The Morgan fingerprint density at radius 3 is 2.10 bits per heavy atom.